The fourth-order valence-corrected chi connectivity index (χ4v) is 3.48. The van der Waals surface area contributed by atoms with Crippen molar-refractivity contribution in [3.63, 3.8) is 0 Å². The van der Waals surface area contributed by atoms with Gasteiger partial charge in [-0.3, -0.25) is 14.5 Å². The smallest absolute Gasteiger partial charge is 0.246 e. The summed E-state index contributed by atoms with van der Waals surface area (Å²) in [6.45, 7) is 3.29. The Hall–Kier alpha value is -2.66. The summed E-state index contributed by atoms with van der Waals surface area (Å²) in [5, 5.41) is 3.01. The molecule has 0 unspecified atom stereocenters. The second kappa shape index (κ2) is 8.15. The first-order chi connectivity index (χ1) is 12.5. The second-order valence-electron chi connectivity index (χ2n) is 6.90. The highest BCUT2D eigenvalue weighted by Crippen LogP contribution is 2.28. The van der Waals surface area contributed by atoms with Gasteiger partial charge in [-0.15, -0.1) is 0 Å². The maximum atomic E-state index is 13.1. The van der Waals surface area contributed by atoms with Crippen LogP contribution in [0.1, 0.15) is 30.0 Å². The number of carbonyl (C=O) groups is 2. The molecule has 1 aliphatic heterocycles. The highest BCUT2D eigenvalue weighted by atomic mass is 16.2. The molecule has 1 saturated heterocycles. The molecule has 0 saturated carbocycles. The minimum absolute atomic E-state index is 0.0924. The third-order valence-corrected chi connectivity index (χ3v) is 4.90. The number of nitrogens with one attached hydrogen (secondary N) is 1. The Morgan fingerprint density at radius 2 is 1.81 bits per heavy atom. The summed E-state index contributed by atoms with van der Waals surface area (Å²) in [5.74, 6) is -0.590. The molecule has 0 radical (unpaired) electrons. The van der Waals surface area contributed by atoms with Crippen molar-refractivity contribution in [2.24, 2.45) is 11.7 Å². The van der Waals surface area contributed by atoms with E-state index >= 15 is 0 Å². The van der Waals surface area contributed by atoms with Crippen LogP contribution in [-0.2, 0) is 9.59 Å². The van der Waals surface area contributed by atoms with Crippen LogP contribution >= 0.6 is 0 Å². The highest BCUT2D eigenvalue weighted by molar-refractivity contribution is 5.95. The minimum atomic E-state index is -0.445. The molecule has 2 aromatic rings. The SMILES string of the molecule is Cc1ccc(NC(=O)[C@@H](c2ccccc2)N2CCC[C@H](C(N)=O)C2)cc1. The van der Waals surface area contributed by atoms with E-state index in [2.05, 4.69) is 10.2 Å². The van der Waals surface area contributed by atoms with Gasteiger partial charge in [0.2, 0.25) is 11.8 Å². The van der Waals surface area contributed by atoms with Gasteiger partial charge in [0.1, 0.15) is 6.04 Å². The van der Waals surface area contributed by atoms with E-state index in [1.165, 1.54) is 0 Å². The molecule has 1 aliphatic rings. The maximum Gasteiger partial charge on any atom is 0.246 e. The summed E-state index contributed by atoms with van der Waals surface area (Å²) in [5.41, 5.74) is 8.34. The van der Waals surface area contributed by atoms with Crippen LogP contribution in [-0.4, -0.2) is 29.8 Å². The zero-order valence-electron chi connectivity index (χ0n) is 15.0. The lowest BCUT2D eigenvalue weighted by Gasteiger charge is -2.36. The number of amides is 2. The molecule has 0 aromatic heterocycles. The van der Waals surface area contributed by atoms with Crippen LogP contribution in [0, 0.1) is 12.8 Å². The lowest BCUT2D eigenvalue weighted by molar-refractivity contribution is -0.127. The molecule has 5 nitrogen and oxygen atoms in total. The van der Waals surface area contributed by atoms with E-state index < -0.39 is 6.04 Å². The number of rotatable bonds is 5. The second-order valence-corrected chi connectivity index (χ2v) is 6.90. The first kappa shape index (κ1) is 18.1. The average molecular weight is 351 g/mol. The van der Waals surface area contributed by atoms with Crippen molar-refractivity contribution in [1.29, 1.82) is 0 Å². The van der Waals surface area contributed by atoms with E-state index in [0.717, 1.165) is 36.2 Å². The van der Waals surface area contributed by atoms with E-state index in [1.807, 2.05) is 61.5 Å². The summed E-state index contributed by atoms with van der Waals surface area (Å²) in [7, 11) is 0. The molecule has 0 spiro atoms. The fraction of sp³-hybridized carbons (Fsp3) is 0.333. The summed E-state index contributed by atoms with van der Waals surface area (Å²) in [6, 6.07) is 17.0. The molecular formula is C21H25N3O2. The van der Waals surface area contributed by atoms with Crippen molar-refractivity contribution in [3.05, 3.63) is 65.7 Å². The van der Waals surface area contributed by atoms with Crippen molar-refractivity contribution in [1.82, 2.24) is 4.90 Å². The molecule has 3 N–H and O–H groups in total. The number of carbonyl (C=O) groups excluding carboxylic acids is 2. The first-order valence-corrected chi connectivity index (χ1v) is 9.00. The molecule has 3 rings (SSSR count). The monoisotopic (exact) mass is 351 g/mol. The number of piperidine rings is 1. The van der Waals surface area contributed by atoms with E-state index in [0.29, 0.717) is 6.54 Å². The molecule has 2 amide bonds. The predicted molar refractivity (Wildman–Crippen MR) is 102 cm³/mol. The van der Waals surface area contributed by atoms with Gasteiger partial charge >= 0.3 is 0 Å². The molecule has 136 valence electrons. The zero-order valence-corrected chi connectivity index (χ0v) is 15.0. The third kappa shape index (κ3) is 4.29. The van der Waals surface area contributed by atoms with E-state index in [1.54, 1.807) is 0 Å². The van der Waals surface area contributed by atoms with Gasteiger partial charge in [-0.05, 0) is 44.0 Å². The molecule has 1 fully saturated rings. The van der Waals surface area contributed by atoms with Gasteiger partial charge in [0.05, 0.1) is 5.92 Å². The number of hydrogen-bond donors (Lipinski definition) is 2. The largest absolute Gasteiger partial charge is 0.369 e. The Bertz CT molecular complexity index is 759. The van der Waals surface area contributed by atoms with Crippen molar-refractivity contribution >= 4 is 17.5 Å². The Balaban J connectivity index is 1.84. The summed E-state index contributed by atoms with van der Waals surface area (Å²) < 4.78 is 0. The molecule has 5 heteroatoms. The van der Waals surface area contributed by atoms with Crippen molar-refractivity contribution in [2.45, 2.75) is 25.8 Å². The van der Waals surface area contributed by atoms with Gasteiger partial charge < -0.3 is 11.1 Å². The van der Waals surface area contributed by atoms with E-state index in [-0.39, 0.29) is 17.7 Å². The number of aryl methyl sites for hydroxylation is 1. The van der Waals surface area contributed by atoms with Crippen LogP contribution in [0.15, 0.2) is 54.6 Å². The Morgan fingerprint density at radius 1 is 1.12 bits per heavy atom. The lowest BCUT2D eigenvalue weighted by Crippen LogP contribution is -2.46. The number of nitrogens with two attached hydrogens (primary N) is 1. The van der Waals surface area contributed by atoms with Gasteiger partial charge in [0, 0.05) is 12.2 Å². The van der Waals surface area contributed by atoms with Gasteiger partial charge in [0.15, 0.2) is 0 Å². The first-order valence-electron chi connectivity index (χ1n) is 9.00. The summed E-state index contributed by atoms with van der Waals surface area (Å²) in [6.07, 6.45) is 1.64. The van der Waals surface area contributed by atoms with Crippen molar-refractivity contribution in [3.8, 4) is 0 Å². The molecule has 2 atom stereocenters. The average Bonchev–Trinajstić information content (AvgIpc) is 2.65. The lowest BCUT2D eigenvalue weighted by atomic mass is 9.94. The van der Waals surface area contributed by atoms with E-state index in [9.17, 15) is 9.59 Å². The van der Waals surface area contributed by atoms with Crippen LogP contribution in [0.4, 0.5) is 5.69 Å². The van der Waals surface area contributed by atoms with E-state index in [4.69, 9.17) is 5.73 Å². The van der Waals surface area contributed by atoms with Gasteiger partial charge in [0.25, 0.3) is 0 Å². The predicted octanol–water partition coefficient (Wildman–Crippen LogP) is 2.87. The van der Waals surface area contributed by atoms with Crippen LogP contribution in [0.25, 0.3) is 0 Å². The Morgan fingerprint density at radius 3 is 2.46 bits per heavy atom. The minimum Gasteiger partial charge on any atom is -0.369 e. The fourth-order valence-electron chi connectivity index (χ4n) is 3.48. The topological polar surface area (TPSA) is 75.4 Å². The number of likely N-dealkylation sites (tertiary alicyclic amines) is 1. The van der Waals surface area contributed by atoms with Crippen LogP contribution < -0.4 is 11.1 Å². The van der Waals surface area contributed by atoms with Gasteiger partial charge in [-0.1, -0.05) is 48.0 Å². The zero-order chi connectivity index (χ0) is 18.5. The molecule has 26 heavy (non-hydrogen) atoms. The number of hydrogen-bond acceptors (Lipinski definition) is 3. The van der Waals surface area contributed by atoms with Crippen molar-refractivity contribution in [2.75, 3.05) is 18.4 Å². The molecule has 0 aliphatic carbocycles. The normalized spacial score (nSPS) is 18.9. The Labute approximate surface area is 154 Å². The number of benzene rings is 2. The van der Waals surface area contributed by atoms with Crippen LogP contribution in [0.3, 0.4) is 0 Å². The molecular weight excluding hydrogens is 326 g/mol. The summed E-state index contributed by atoms with van der Waals surface area (Å²) >= 11 is 0. The van der Waals surface area contributed by atoms with Crippen molar-refractivity contribution < 1.29 is 9.59 Å². The Kier molecular flexibility index (Phi) is 5.68. The quantitative estimate of drug-likeness (QED) is 0.870. The van der Waals surface area contributed by atoms with Gasteiger partial charge in [-0.25, -0.2) is 0 Å². The molecule has 0 bridgehead atoms. The van der Waals surface area contributed by atoms with Gasteiger partial charge in [-0.2, -0.15) is 0 Å². The number of nitrogens with zero attached hydrogens (tertiary/aromatic N) is 1. The number of anilines is 1. The third-order valence-electron chi connectivity index (χ3n) is 4.90. The van der Waals surface area contributed by atoms with Crippen LogP contribution in [0.5, 0.6) is 0 Å². The molecule has 1 heterocycles. The highest BCUT2D eigenvalue weighted by Gasteiger charge is 2.33. The number of primary amides is 1. The standard InChI is InChI=1S/C21H25N3O2/c1-15-9-11-18(12-10-15)23-21(26)19(16-6-3-2-4-7-16)24-13-5-8-17(14-24)20(22)25/h2-4,6-7,9-12,17,19H,5,8,13-14H2,1H3,(H2,22,25)(H,23,26)/t17-,19+/m0/s1. The maximum absolute atomic E-state index is 13.1. The van der Waals surface area contributed by atoms with Crippen LogP contribution in [0.2, 0.25) is 0 Å². The molecule has 2 aromatic carbocycles. The summed E-state index contributed by atoms with van der Waals surface area (Å²) in [4.78, 5) is 26.8.